The van der Waals surface area contributed by atoms with Gasteiger partial charge in [0.25, 0.3) is 0 Å². The van der Waals surface area contributed by atoms with Crippen LogP contribution >= 0.6 is 7.75 Å². The van der Waals surface area contributed by atoms with Crippen molar-refractivity contribution in [2.75, 3.05) is 13.6 Å². The van der Waals surface area contributed by atoms with Gasteiger partial charge in [0.1, 0.15) is 6.54 Å². The van der Waals surface area contributed by atoms with E-state index < -0.39 is 50.7 Å². The molecule has 0 bridgehead atoms. The van der Waals surface area contributed by atoms with Gasteiger partial charge in [-0.15, -0.1) is 4.76 Å². The molecule has 13 heteroatoms. The first-order valence-corrected chi connectivity index (χ1v) is 11.8. The molecule has 0 heterocycles. The second-order valence-electron chi connectivity index (χ2n) is 7.07. The van der Waals surface area contributed by atoms with Gasteiger partial charge in [-0.3, -0.25) is 4.79 Å². The zero-order valence-electron chi connectivity index (χ0n) is 19.3. The van der Waals surface area contributed by atoms with Crippen LogP contribution in [0.25, 0.3) is 0 Å². The van der Waals surface area contributed by atoms with Crippen LogP contribution < -0.4 is 5.73 Å². The monoisotopic (exact) mass is 507 g/mol. The summed E-state index contributed by atoms with van der Waals surface area (Å²) in [7, 11) is -3.32. The minimum Gasteiger partial charge on any atom is -0.480 e. The van der Waals surface area contributed by atoms with Gasteiger partial charge in [0.05, 0.1) is 11.1 Å². The van der Waals surface area contributed by atoms with E-state index in [4.69, 9.17) is 29.4 Å². The molecule has 0 aliphatic heterocycles. The minimum absolute atomic E-state index is 0.216. The maximum atomic E-state index is 13.4. The number of benzene rings is 2. The van der Waals surface area contributed by atoms with Crippen LogP contribution in [0.2, 0.25) is 0 Å². The van der Waals surface area contributed by atoms with Crippen LogP contribution in [0.4, 0.5) is 0 Å². The lowest BCUT2D eigenvalue weighted by Crippen LogP contribution is -2.37. The Bertz CT molecular complexity index is 1030. The molecule has 3 N–H and O–H groups in total. The topological polar surface area (TPSA) is 167 Å². The summed E-state index contributed by atoms with van der Waals surface area (Å²) in [5.74, 6) is -3.27. The Morgan fingerprint density at radius 1 is 0.914 bits per heavy atom. The molecule has 188 valence electrons. The second-order valence-corrected chi connectivity index (χ2v) is 8.62. The summed E-state index contributed by atoms with van der Waals surface area (Å²) >= 11 is 0. The normalized spacial score (nSPS) is 14.8. The fourth-order valence-electron chi connectivity index (χ4n) is 2.56. The van der Waals surface area contributed by atoms with Gasteiger partial charge in [-0.2, -0.15) is 0 Å². The van der Waals surface area contributed by atoms with Crippen LogP contribution in [0.5, 0.6) is 0 Å². The van der Waals surface area contributed by atoms with Gasteiger partial charge >= 0.3 is 25.7 Å². The molecule has 2 aromatic carbocycles. The molecule has 12 nitrogen and oxygen atoms in total. The fourth-order valence-corrected chi connectivity index (χ4v) is 3.95. The van der Waals surface area contributed by atoms with E-state index in [1.165, 1.54) is 45.2 Å². The Balaban J connectivity index is 2.19. The standard InChI is InChI=1S/C22H26N3O9P/c1-15(31-20(28)17-10-6-4-7-11-17)33-35(30,24-22(23)25(3)14-19(26)27)34-16(2)32-21(29)18-12-8-5-9-13-18/h4-13,15-16H,14H2,1-3H3,(H,26,27)(H2,23,24,30). The number of ether oxygens (including phenoxy) is 2. The van der Waals surface area contributed by atoms with Crippen LogP contribution in [-0.2, 0) is 27.9 Å². The average molecular weight is 507 g/mol. The zero-order chi connectivity index (χ0) is 26.0. The Labute approximate surface area is 201 Å². The van der Waals surface area contributed by atoms with Crippen molar-refractivity contribution < 1.29 is 42.6 Å². The average Bonchev–Trinajstić information content (AvgIpc) is 2.79. The van der Waals surface area contributed by atoms with Crippen molar-refractivity contribution in [3.05, 3.63) is 71.8 Å². The highest BCUT2D eigenvalue weighted by Gasteiger charge is 2.34. The molecule has 0 saturated carbocycles. The molecule has 2 aromatic rings. The predicted molar refractivity (Wildman–Crippen MR) is 124 cm³/mol. The third-order valence-corrected chi connectivity index (χ3v) is 5.69. The van der Waals surface area contributed by atoms with Crippen LogP contribution in [0.3, 0.4) is 0 Å². The summed E-state index contributed by atoms with van der Waals surface area (Å²) in [5.41, 5.74) is 6.18. The molecule has 0 spiro atoms. The van der Waals surface area contributed by atoms with E-state index in [2.05, 4.69) is 4.76 Å². The highest BCUT2D eigenvalue weighted by Crippen LogP contribution is 2.52. The molecular weight excluding hydrogens is 481 g/mol. The van der Waals surface area contributed by atoms with Gasteiger partial charge in [-0.25, -0.2) is 23.2 Å². The van der Waals surface area contributed by atoms with Crippen LogP contribution in [-0.4, -0.2) is 60.0 Å². The summed E-state index contributed by atoms with van der Waals surface area (Å²) in [6.45, 7) is 1.97. The Hall–Kier alpha value is -3.73. The molecule has 0 aliphatic rings. The number of likely N-dealkylation sites (N-methyl/N-ethyl adjacent to an activating group) is 1. The smallest absolute Gasteiger partial charge is 0.463 e. The van der Waals surface area contributed by atoms with E-state index in [0.29, 0.717) is 0 Å². The fraction of sp³-hybridized carbons (Fsp3) is 0.273. The van der Waals surface area contributed by atoms with E-state index in [1.807, 2.05) is 0 Å². The van der Waals surface area contributed by atoms with Crippen molar-refractivity contribution in [1.82, 2.24) is 4.90 Å². The molecule has 35 heavy (non-hydrogen) atoms. The van der Waals surface area contributed by atoms with Gasteiger partial charge in [-0.1, -0.05) is 36.4 Å². The molecular formula is C22H26N3O9P. The van der Waals surface area contributed by atoms with Gasteiger partial charge in [0.15, 0.2) is 0 Å². The molecule has 2 unspecified atom stereocenters. The first-order valence-electron chi connectivity index (χ1n) is 10.3. The van der Waals surface area contributed by atoms with E-state index in [0.717, 1.165) is 4.90 Å². The number of esters is 2. The number of aliphatic carboxylic acids is 1. The van der Waals surface area contributed by atoms with Gasteiger partial charge < -0.3 is 25.2 Å². The van der Waals surface area contributed by atoms with E-state index >= 15 is 0 Å². The molecule has 0 amide bonds. The second kappa shape index (κ2) is 12.7. The number of nitrogens with two attached hydrogens (primary N) is 1. The lowest BCUT2D eigenvalue weighted by molar-refractivity contribution is -0.137. The molecule has 0 radical (unpaired) electrons. The van der Waals surface area contributed by atoms with Crippen LogP contribution in [0.1, 0.15) is 34.6 Å². The molecule has 0 saturated heterocycles. The van der Waals surface area contributed by atoms with E-state index in [9.17, 15) is 18.9 Å². The number of hydrogen-bond donors (Lipinski definition) is 2. The zero-order valence-corrected chi connectivity index (χ0v) is 20.2. The molecule has 2 rings (SSSR count). The number of guanidine groups is 1. The van der Waals surface area contributed by atoms with Crippen molar-refractivity contribution in [3.8, 4) is 0 Å². The maximum absolute atomic E-state index is 13.4. The number of carbonyl (C=O) groups is 3. The minimum atomic E-state index is -4.61. The quantitative estimate of drug-likeness (QED) is 0.151. The number of carboxylic acid groups (broad SMARTS) is 1. The summed E-state index contributed by atoms with van der Waals surface area (Å²) in [6, 6.07) is 16.0. The number of carbonyl (C=O) groups excluding carboxylic acids is 2. The summed E-state index contributed by atoms with van der Waals surface area (Å²) in [5, 5.41) is 8.94. The Morgan fingerprint density at radius 3 is 1.69 bits per heavy atom. The van der Waals surface area contributed by atoms with Crippen molar-refractivity contribution >= 4 is 31.6 Å². The molecule has 0 aliphatic carbocycles. The van der Waals surface area contributed by atoms with E-state index in [1.54, 1.807) is 36.4 Å². The molecule has 2 atom stereocenters. The Kier molecular flexibility index (Phi) is 9.95. The third-order valence-electron chi connectivity index (χ3n) is 4.12. The largest absolute Gasteiger partial charge is 0.480 e. The number of nitrogens with zero attached hydrogens (tertiary/aromatic N) is 2. The molecule has 0 aromatic heterocycles. The van der Waals surface area contributed by atoms with Gasteiger partial charge in [0, 0.05) is 7.05 Å². The number of carboxylic acids is 1. The molecule has 0 fully saturated rings. The van der Waals surface area contributed by atoms with Crippen LogP contribution in [0.15, 0.2) is 65.4 Å². The maximum Gasteiger partial charge on any atom is 0.463 e. The van der Waals surface area contributed by atoms with Gasteiger partial charge in [-0.05, 0) is 38.1 Å². The van der Waals surface area contributed by atoms with Gasteiger partial charge in [0.2, 0.25) is 18.5 Å². The summed E-state index contributed by atoms with van der Waals surface area (Å²) in [4.78, 5) is 36.5. The lowest BCUT2D eigenvalue weighted by Gasteiger charge is -2.24. The van der Waals surface area contributed by atoms with E-state index in [-0.39, 0.29) is 11.1 Å². The lowest BCUT2D eigenvalue weighted by atomic mass is 10.2. The van der Waals surface area contributed by atoms with Crippen molar-refractivity contribution in [3.63, 3.8) is 0 Å². The number of hydrogen-bond acceptors (Lipinski definition) is 8. The number of rotatable bonds is 11. The SMILES string of the molecule is CC(OC(=O)c1ccccc1)OP(=O)(/N=C(\N)N(C)CC(=O)O)OC(C)OC(=O)c1ccccc1. The Morgan fingerprint density at radius 2 is 1.31 bits per heavy atom. The first kappa shape index (κ1) is 27.5. The van der Waals surface area contributed by atoms with Crippen LogP contribution in [0, 0.1) is 0 Å². The third kappa shape index (κ3) is 9.20. The van der Waals surface area contributed by atoms with Crippen molar-refractivity contribution in [2.24, 2.45) is 10.5 Å². The predicted octanol–water partition coefficient (Wildman–Crippen LogP) is 2.86. The summed E-state index contributed by atoms with van der Waals surface area (Å²) in [6.07, 6.45) is -2.88. The highest BCUT2D eigenvalue weighted by molar-refractivity contribution is 7.52. The highest BCUT2D eigenvalue weighted by atomic mass is 31.2. The van der Waals surface area contributed by atoms with Crippen molar-refractivity contribution in [2.45, 2.75) is 26.4 Å². The van der Waals surface area contributed by atoms with Crippen molar-refractivity contribution in [1.29, 1.82) is 0 Å². The first-order chi connectivity index (χ1) is 16.5. The summed E-state index contributed by atoms with van der Waals surface area (Å²) < 4.78 is 37.9.